The van der Waals surface area contributed by atoms with Crippen LogP contribution in [0.3, 0.4) is 0 Å². The van der Waals surface area contributed by atoms with Gasteiger partial charge in [0.2, 0.25) is 0 Å². The summed E-state index contributed by atoms with van der Waals surface area (Å²) in [5.41, 5.74) is 6.01. The average molecular weight is 234 g/mol. The number of rotatable bonds is 2. The molecule has 2 heterocycles. The molecule has 0 amide bonds. The van der Waals surface area contributed by atoms with E-state index in [9.17, 15) is 0 Å². The van der Waals surface area contributed by atoms with E-state index >= 15 is 0 Å². The van der Waals surface area contributed by atoms with Crippen LogP contribution in [0.5, 0.6) is 0 Å². The van der Waals surface area contributed by atoms with Gasteiger partial charge in [-0.1, -0.05) is 0 Å². The fourth-order valence-corrected chi connectivity index (χ4v) is 1.99. The molecule has 3 N–H and O–H groups in total. The van der Waals surface area contributed by atoms with Crippen molar-refractivity contribution in [3.05, 3.63) is 23.9 Å². The number of aromatic nitrogens is 1. The van der Waals surface area contributed by atoms with E-state index in [1.54, 1.807) is 6.20 Å². The molecule has 0 atom stereocenters. The van der Waals surface area contributed by atoms with Crippen LogP contribution in [-0.4, -0.2) is 36.1 Å². The molecular formula is C12H18N4O. The fraction of sp³-hybridized carbons (Fsp3) is 0.500. The highest BCUT2D eigenvalue weighted by molar-refractivity contribution is 5.94. The van der Waals surface area contributed by atoms with Gasteiger partial charge < -0.3 is 15.4 Å². The number of amidine groups is 1. The van der Waals surface area contributed by atoms with Crippen molar-refractivity contribution in [2.45, 2.75) is 19.4 Å². The lowest BCUT2D eigenvalue weighted by Crippen LogP contribution is -2.53. The molecule has 1 fully saturated rings. The van der Waals surface area contributed by atoms with Gasteiger partial charge in [0.1, 0.15) is 11.7 Å². The quantitative estimate of drug-likeness (QED) is 0.591. The van der Waals surface area contributed by atoms with E-state index in [1.165, 1.54) is 0 Å². The van der Waals surface area contributed by atoms with Crippen molar-refractivity contribution in [3.63, 3.8) is 0 Å². The molecule has 0 saturated carbocycles. The molecule has 0 bridgehead atoms. The third-order valence-corrected chi connectivity index (χ3v) is 2.98. The van der Waals surface area contributed by atoms with Crippen LogP contribution in [0.2, 0.25) is 0 Å². The summed E-state index contributed by atoms with van der Waals surface area (Å²) in [5, 5.41) is 7.33. The maximum absolute atomic E-state index is 7.33. The molecule has 5 nitrogen and oxygen atoms in total. The summed E-state index contributed by atoms with van der Waals surface area (Å²) in [6, 6.07) is 3.74. The molecule has 0 aromatic carbocycles. The monoisotopic (exact) mass is 234 g/mol. The number of pyridine rings is 1. The summed E-state index contributed by atoms with van der Waals surface area (Å²) in [7, 11) is 0. The Balaban J connectivity index is 2.24. The second-order valence-corrected chi connectivity index (χ2v) is 4.84. The van der Waals surface area contributed by atoms with Gasteiger partial charge in [-0.15, -0.1) is 0 Å². The van der Waals surface area contributed by atoms with Crippen molar-refractivity contribution < 1.29 is 4.74 Å². The summed E-state index contributed by atoms with van der Waals surface area (Å²) in [4.78, 5) is 6.59. The van der Waals surface area contributed by atoms with E-state index in [-0.39, 0.29) is 11.4 Å². The Kier molecular flexibility index (Phi) is 3.02. The molecule has 0 unspecified atom stereocenters. The lowest BCUT2D eigenvalue weighted by molar-refractivity contribution is 0.0639. The maximum atomic E-state index is 7.33. The summed E-state index contributed by atoms with van der Waals surface area (Å²) in [6.07, 6.45) is 1.64. The second-order valence-electron chi connectivity index (χ2n) is 4.84. The van der Waals surface area contributed by atoms with Crippen molar-refractivity contribution in [1.82, 2.24) is 4.98 Å². The zero-order valence-electron chi connectivity index (χ0n) is 10.2. The predicted octanol–water partition coefficient (Wildman–Crippen LogP) is 0.981. The molecule has 5 heteroatoms. The van der Waals surface area contributed by atoms with Crippen LogP contribution >= 0.6 is 0 Å². The zero-order chi connectivity index (χ0) is 12.5. The topological polar surface area (TPSA) is 75.2 Å². The van der Waals surface area contributed by atoms with Crippen molar-refractivity contribution in [2.75, 3.05) is 24.7 Å². The summed E-state index contributed by atoms with van der Waals surface area (Å²) >= 11 is 0. The van der Waals surface area contributed by atoms with Crippen LogP contribution in [0.1, 0.15) is 19.4 Å². The second kappa shape index (κ2) is 4.33. The molecule has 92 valence electrons. The Labute approximate surface area is 101 Å². The molecule has 1 aromatic heterocycles. The first-order valence-corrected chi connectivity index (χ1v) is 5.66. The smallest absolute Gasteiger partial charge is 0.129 e. The first-order chi connectivity index (χ1) is 8.00. The number of nitrogens with one attached hydrogen (secondary N) is 1. The van der Waals surface area contributed by atoms with E-state index in [1.807, 2.05) is 12.1 Å². The summed E-state index contributed by atoms with van der Waals surface area (Å²) in [6.45, 7) is 6.52. The highest BCUT2D eigenvalue weighted by Crippen LogP contribution is 2.25. The van der Waals surface area contributed by atoms with Crippen molar-refractivity contribution in [1.29, 1.82) is 5.41 Å². The Morgan fingerprint density at radius 3 is 2.82 bits per heavy atom. The van der Waals surface area contributed by atoms with Gasteiger partial charge in [0.15, 0.2) is 0 Å². The normalized spacial score (nSPS) is 19.1. The third-order valence-electron chi connectivity index (χ3n) is 2.98. The van der Waals surface area contributed by atoms with Gasteiger partial charge in [-0.25, -0.2) is 4.98 Å². The van der Waals surface area contributed by atoms with Crippen LogP contribution < -0.4 is 10.6 Å². The van der Waals surface area contributed by atoms with Gasteiger partial charge >= 0.3 is 0 Å². The number of nitrogens with zero attached hydrogens (tertiary/aromatic N) is 2. The van der Waals surface area contributed by atoms with Crippen LogP contribution in [-0.2, 0) is 4.74 Å². The van der Waals surface area contributed by atoms with E-state index in [2.05, 4.69) is 23.7 Å². The third kappa shape index (κ3) is 2.39. The first kappa shape index (κ1) is 11.9. The number of anilines is 1. The summed E-state index contributed by atoms with van der Waals surface area (Å²) < 4.78 is 5.47. The van der Waals surface area contributed by atoms with Gasteiger partial charge in [0, 0.05) is 18.3 Å². The number of hydrogen-bond acceptors (Lipinski definition) is 4. The predicted molar refractivity (Wildman–Crippen MR) is 67.5 cm³/mol. The molecule has 0 spiro atoms. The molecule has 2 rings (SSSR count). The lowest BCUT2D eigenvalue weighted by Gasteiger charge is -2.42. The minimum atomic E-state index is -0.0526. The molecule has 17 heavy (non-hydrogen) atoms. The van der Waals surface area contributed by atoms with Gasteiger partial charge in [-0.3, -0.25) is 5.41 Å². The number of morpholine rings is 1. The van der Waals surface area contributed by atoms with Crippen LogP contribution in [0, 0.1) is 5.41 Å². The molecule has 0 radical (unpaired) electrons. The highest BCUT2D eigenvalue weighted by atomic mass is 16.5. The van der Waals surface area contributed by atoms with Crippen LogP contribution in [0.4, 0.5) is 5.82 Å². The molecule has 1 aliphatic rings. The van der Waals surface area contributed by atoms with Gasteiger partial charge in [-0.05, 0) is 26.0 Å². The minimum Gasteiger partial charge on any atom is -0.384 e. The highest BCUT2D eigenvalue weighted by Gasteiger charge is 2.31. The van der Waals surface area contributed by atoms with Crippen molar-refractivity contribution >= 4 is 11.7 Å². The van der Waals surface area contributed by atoms with E-state index in [0.717, 1.165) is 19.0 Å². The van der Waals surface area contributed by atoms with E-state index in [0.29, 0.717) is 12.2 Å². The first-order valence-electron chi connectivity index (χ1n) is 5.66. The standard InChI is InChI=1S/C12H18N4O/c1-12(2)8-17-6-5-16(12)10-4-3-9(7-15-10)11(13)14/h3-4,7H,5-6,8H2,1-2H3,(H3,13,14). The maximum Gasteiger partial charge on any atom is 0.129 e. The van der Waals surface area contributed by atoms with Crippen molar-refractivity contribution in [2.24, 2.45) is 5.73 Å². The number of nitrogen functional groups attached to an aromatic ring is 1. The Morgan fingerprint density at radius 1 is 1.53 bits per heavy atom. The number of nitrogens with two attached hydrogens (primary N) is 1. The molecule has 1 aromatic rings. The molecular weight excluding hydrogens is 216 g/mol. The van der Waals surface area contributed by atoms with E-state index < -0.39 is 0 Å². The molecule has 1 aliphatic heterocycles. The Hall–Kier alpha value is -1.62. The number of ether oxygens (including phenoxy) is 1. The minimum absolute atomic E-state index is 0.0466. The average Bonchev–Trinajstić information content (AvgIpc) is 2.28. The lowest BCUT2D eigenvalue weighted by atomic mass is 10.0. The van der Waals surface area contributed by atoms with Crippen molar-refractivity contribution in [3.8, 4) is 0 Å². The van der Waals surface area contributed by atoms with Crippen LogP contribution in [0.25, 0.3) is 0 Å². The van der Waals surface area contributed by atoms with Gasteiger partial charge in [0.25, 0.3) is 0 Å². The Bertz CT molecular complexity index is 413. The molecule has 1 saturated heterocycles. The van der Waals surface area contributed by atoms with Gasteiger partial charge in [0.05, 0.1) is 18.8 Å². The zero-order valence-corrected chi connectivity index (χ0v) is 10.2. The SMILES string of the molecule is CC1(C)COCCN1c1ccc(C(=N)N)cn1. The largest absolute Gasteiger partial charge is 0.384 e. The Morgan fingerprint density at radius 2 is 2.29 bits per heavy atom. The van der Waals surface area contributed by atoms with Crippen LogP contribution in [0.15, 0.2) is 18.3 Å². The number of hydrogen-bond donors (Lipinski definition) is 2. The molecule has 0 aliphatic carbocycles. The van der Waals surface area contributed by atoms with Gasteiger partial charge in [-0.2, -0.15) is 0 Å². The fourth-order valence-electron chi connectivity index (χ4n) is 1.99. The van der Waals surface area contributed by atoms with E-state index in [4.69, 9.17) is 15.9 Å². The summed E-state index contributed by atoms with van der Waals surface area (Å²) in [5.74, 6) is 0.952.